The minimum absolute atomic E-state index is 0.0458. The van der Waals surface area contributed by atoms with Gasteiger partial charge in [0.2, 0.25) is 0 Å². The van der Waals surface area contributed by atoms with E-state index in [1.807, 2.05) is 38.1 Å². The number of carbonyl (C=O) groups is 2. The lowest BCUT2D eigenvalue weighted by molar-refractivity contribution is -0.124. The minimum Gasteiger partial charge on any atom is -0.510 e. The molecule has 8 nitrogen and oxygen atoms in total. The largest absolute Gasteiger partial charge is 0.510 e. The molecule has 1 aliphatic rings. The summed E-state index contributed by atoms with van der Waals surface area (Å²) >= 11 is 1.41. The van der Waals surface area contributed by atoms with Crippen molar-refractivity contribution in [1.29, 1.82) is 5.41 Å². The van der Waals surface area contributed by atoms with Gasteiger partial charge in [0.25, 0.3) is 5.91 Å². The summed E-state index contributed by atoms with van der Waals surface area (Å²) in [5, 5.41) is 22.4. The van der Waals surface area contributed by atoms with E-state index >= 15 is 0 Å². The lowest BCUT2D eigenvalue weighted by atomic mass is 10.2. The number of rotatable bonds is 6. The highest BCUT2D eigenvalue weighted by Gasteiger charge is 2.31. The predicted molar refractivity (Wildman–Crippen MR) is 124 cm³/mol. The fourth-order valence-corrected chi connectivity index (χ4v) is 4.42. The Balaban J connectivity index is 1.51. The second-order valence-electron chi connectivity index (χ2n) is 7.59. The van der Waals surface area contributed by atoms with Gasteiger partial charge >= 0.3 is 5.97 Å². The zero-order chi connectivity index (χ0) is 22.8. The predicted octanol–water partition coefficient (Wildman–Crippen LogP) is 3.74. The smallest absolute Gasteiger partial charge is 0.338 e. The number of esters is 1. The number of nitrogens with one attached hydrogen (secondary N) is 2. The van der Waals surface area contributed by atoms with Crippen molar-refractivity contribution in [1.82, 2.24) is 10.3 Å². The number of benzene rings is 2. The molecule has 3 aromatic rings. The summed E-state index contributed by atoms with van der Waals surface area (Å²) in [5.74, 6) is -0.865. The SMILES string of the molecule is CC(C)NC(=O)COC(=O)c1cccc(N2CC(O)=C(c3nc4ccccc4s3)C2=N)c1. The minimum atomic E-state index is -0.639. The zero-order valence-electron chi connectivity index (χ0n) is 17.6. The molecular formula is C23H22N4O4S. The molecule has 3 N–H and O–H groups in total. The van der Waals surface area contributed by atoms with Crippen LogP contribution in [-0.2, 0) is 9.53 Å². The summed E-state index contributed by atoms with van der Waals surface area (Å²) in [7, 11) is 0. The van der Waals surface area contributed by atoms with Gasteiger partial charge in [-0.05, 0) is 44.2 Å². The number of nitrogens with zero attached hydrogens (tertiary/aromatic N) is 2. The van der Waals surface area contributed by atoms with Gasteiger partial charge in [-0.25, -0.2) is 9.78 Å². The van der Waals surface area contributed by atoms with Crippen molar-refractivity contribution >= 4 is 50.5 Å². The first-order chi connectivity index (χ1) is 15.3. The fraction of sp³-hybridized carbons (Fsp3) is 0.217. The van der Waals surface area contributed by atoms with Crippen LogP contribution in [0.15, 0.2) is 54.3 Å². The van der Waals surface area contributed by atoms with Crippen LogP contribution in [0.1, 0.15) is 29.2 Å². The standard InChI is InChI=1S/C23H22N4O4S/c1-13(2)25-19(29)12-31-23(30)14-6-5-7-15(10-14)27-11-17(28)20(21(27)24)22-26-16-8-3-4-9-18(16)32-22/h3-10,13,24,28H,11-12H2,1-2H3,(H,25,29). The molecule has 0 unspecified atom stereocenters. The number of hydrogen-bond donors (Lipinski definition) is 3. The van der Waals surface area contributed by atoms with Crippen LogP contribution in [-0.4, -0.2) is 47.0 Å². The van der Waals surface area contributed by atoms with E-state index in [1.165, 1.54) is 11.3 Å². The number of aliphatic hydroxyl groups is 1. The van der Waals surface area contributed by atoms with Gasteiger partial charge in [0, 0.05) is 11.7 Å². The highest BCUT2D eigenvalue weighted by molar-refractivity contribution is 7.19. The lowest BCUT2D eigenvalue weighted by Crippen LogP contribution is -2.34. The average Bonchev–Trinajstić information content (AvgIpc) is 3.31. The number of hydrogen-bond acceptors (Lipinski definition) is 7. The van der Waals surface area contributed by atoms with Crippen molar-refractivity contribution in [3.63, 3.8) is 0 Å². The van der Waals surface area contributed by atoms with Gasteiger partial charge in [0.15, 0.2) is 6.61 Å². The lowest BCUT2D eigenvalue weighted by Gasteiger charge is -2.19. The second kappa shape index (κ2) is 8.80. The Bertz CT molecular complexity index is 1210. The number of aromatic nitrogens is 1. The van der Waals surface area contributed by atoms with Crippen molar-refractivity contribution in [2.45, 2.75) is 19.9 Å². The molecule has 9 heteroatoms. The highest BCUT2D eigenvalue weighted by Crippen LogP contribution is 2.35. The van der Waals surface area contributed by atoms with Gasteiger partial charge in [0.1, 0.15) is 16.6 Å². The second-order valence-corrected chi connectivity index (χ2v) is 8.62. The number of carbonyl (C=O) groups excluding carboxylic acids is 2. The van der Waals surface area contributed by atoms with Gasteiger partial charge in [-0.2, -0.15) is 0 Å². The Labute approximate surface area is 188 Å². The first kappa shape index (κ1) is 21.5. The summed E-state index contributed by atoms with van der Waals surface area (Å²) in [6.07, 6.45) is 0. The van der Waals surface area contributed by atoms with E-state index in [9.17, 15) is 14.7 Å². The van der Waals surface area contributed by atoms with Gasteiger partial charge < -0.3 is 20.1 Å². The van der Waals surface area contributed by atoms with Crippen molar-refractivity contribution in [3.05, 3.63) is 64.9 Å². The van der Waals surface area contributed by atoms with Crippen LogP contribution in [0.2, 0.25) is 0 Å². The molecule has 1 amide bonds. The van der Waals surface area contributed by atoms with Gasteiger partial charge in [-0.15, -0.1) is 11.3 Å². The van der Waals surface area contributed by atoms with Crippen molar-refractivity contribution in [3.8, 4) is 0 Å². The number of ether oxygens (including phenoxy) is 1. The molecule has 1 aromatic heterocycles. The number of fused-ring (bicyclic) bond motifs is 1. The molecule has 0 spiro atoms. The Morgan fingerprint density at radius 2 is 2.03 bits per heavy atom. The Kier molecular flexibility index (Phi) is 5.91. The third-order valence-electron chi connectivity index (χ3n) is 4.79. The van der Waals surface area contributed by atoms with Crippen LogP contribution < -0.4 is 10.2 Å². The van der Waals surface area contributed by atoms with Gasteiger partial charge in [-0.3, -0.25) is 10.2 Å². The van der Waals surface area contributed by atoms with E-state index in [0.29, 0.717) is 16.3 Å². The first-order valence-electron chi connectivity index (χ1n) is 10.0. The molecule has 0 atom stereocenters. The van der Waals surface area contributed by atoms with Crippen LogP contribution in [0.25, 0.3) is 15.8 Å². The molecule has 0 bridgehead atoms. The number of aliphatic hydroxyl groups excluding tert-OH is 1. The molecule has 0 fully saturated rings. The van der Waals surface area contributed by atoms with E-state index in [1.54, 1.807) is 29.2 Å². The third-order valence-corrected chi connectivity index (χ3v) is 5.84. The van der Waals surface area contributed by atoms with Crippen molar-refractivity contribution in [2.24, 2.45) is 0 Å². The van der Waals surface area contributed by atoms with Crippen LogP contribution in [0.5, 0.6) is 0 Å². The number of amidine groups is 1. The van der Waals surface area contributed by atoms with E-state index in [4.69, 9.17) is 10.1 Å². The summed E-state index contributed by atoms with van der Waals surface area (Å²) < 4.78 is 6.06. The average molecular weight is 451 g/mol. The van der Waals surface area contributed by atoms with Crippen molar-refractivity contribution < 1.29 is 19.4 Å². The Hall–Kier alpha value is -3.72. The molecule has 0 saturated heterocycles. The van der Waals surface area contributed by atoms with Crippen LogP contribution in [0.3, 0.4) is 0 Å². The quantitative estimate of drug-likeness (QED) is 0.493. The number of thiazole rings is 1. The molecule has 4 rings (SSSR count). The maximum atomic E-state index is 12.4. The molecule has 32 heavy (non-hydrogen) atoms. The van der Waals surface area contributed by atoms with Gasteiger partial charge in [-0.1, -0.05) is 18.2 Å². The number of amides is 1. The maximum absolute atomic E-state index is 12.4. The summed E-state index contributed by atoms with van der Waals surface area (Å²) in [6, 6.07) is 14.2. The van der Waals surface area contributed by atoms with E-state index in [-0.39, 0.29) is 42.3 Å². The topological polar surface area (TPSA) is 116 Å². The number of para-hydroxylation sites is 1. The first-order valence-corrected chi connectivity index (χ1v) is 10.9. The van der Waals surface area contributed by atoms with Crippen molar-refractivity contribution in [2.75, 3.05) is 18.1 Å². The molecule has 0 radical (unpaired) electrons. The van der Waals surface area contributed by atoms with E-state index < -0.39 is 5.97 Å². The molecule has 2 heterocycles. The molecule has 0 saturated carbocycles. The molecule has 2 aromatic carbocycles. The van der Waals surface area contributed by atoms with Gasteiger partial charge in [0.05, 0.1) is 27.9 Å². The van der Waals surface area contributed by atoms with E-state index in [2.05, 4.69) is 10.3 Å². The summed E-state index contributed by atoms with van der Waals surface area (Å²) in [5.41, 5.74) is 1.99. The van der Waals surface area contributed by atoms with Crippen LogP contribution in [0, 0.1) is 5.41 Å². The Morgan fingerprint density at radius 1 is 1.25 bits per heavy atom. The van der Waals surface area contributed by atoms with Crippen LogP contribution in [0.4, 0.5) is 5.69 Å². The molecule has 0 aliphatic carbocycles. The van der Waals surface area contributed by atoms with Crippen LogP contribution >= 0.6 is 11.3 Å². The maximum Gasteiger partial charge on any atom is 0.338 e. The zero-order valence-corrected chi connectivity index (χ0v) is 18.4. The normalized spacial score (nSPS) is 13.8. The molecule has 164 valence electrons. The van der Waals surface area contributed by atoms with E-state index in [0.717, 1.165) is 10.2 Å². The highest BCUT2D eigenvalue weighted by atomic mass is 32.1. The summed E-state index contributed by atoms with van der Waals surface area (Å²) in [6.45, 7) is 3.37. The fourth-order valence-electron chi connectivity index (χ4n) is 3.38. The Morgan fingerprint density at radius 3 is 2.78 bits per heavy atom. The molecular weight excluding hydrogens is 428 g/mol. The summed E-state index contributed by atoms with van der Waals surface area (Å²) in [4.78, 5) is 30.3. The monoisotopic (exact) mass is 450 g/mol. The number of anilines is 1. The molecule has 1 aliphatic heterocycles. The third kappa shape index (κ3) is 4.33.